The molecule has 0 bridgehead atoms. The average Bonchev–Trinajstić information content (AvgIpc) is 2.78. The highest BCUT2D eigenvalue weighted by atomic mass is 35.5. The van der Waals surface area contributed by atoms with Crippen LogP contribution in [-0.2, 0) is 5.88 Å². The van der Waals surface area contributed by atoms with Crippen molar-refractivity contribution in [2.45, 2.75) is 5.88 Å². The molecule has 0 saturated heterocycles. The summed E-state index contributed by atoms with van der Waals surface area (Å²) in [5, 5.41) is 7.65. The highest BCUT2D eigenvalue weighted by Crippen LogP contribution is 2.22. The molecule has 0 unspecified atom stereocenters. The molecule has 78 valence electrons. The maximum atomic E-state index is 5.57. The lowest BCUT2D eigenvalue weighted by Crippen LogP contribution is -1.83. The van der Waals surface area contributed by atoms with Gasteiger partial charge in [-0.05, 0) is 18.2 Å². The number of methoxy groups -OCH3 is 1. The second-order valence-electron chi connectivity index (χ2n) is 2.87. The molecule has 5 heteroatoms. The lowest BCUT2D eigenvalue weighted by Gasteiger charge is -1.99. The van der Waals surface area contributed by atoms with Gasteiger partial charge in [0.25, 0.3) is 0 Å². The highest BCUT2D eigenvalue weighted by Gasteiger charge is 2.07. The van der Waals surface area contributed by atoms with Crippen LogP contribution in [0.15, 0.2) is 28.7 Å². The number of alkyl halides is 1. The van der Waals surface area contributed by atoms with Crippen molar-refractivity contribution < 1.29 is 9.15 Å². The first kappa shape index (κ1) is 9.98. The molecule has 15 heavy (non-hydrogen) atoms. The summed E-state index contributed by atoms with van der Waals surface area (Å²) in [6.45, 7) is 0. The SMILES string of the molecule is COc1cccc(-c2nnc(CCl)o2)c1. The van der Waals surface area contributed by atoms with E-state index in [0.29, 0.717) is 11.8 Å². The summed E-state index contributed by atoms with van der Waals surface area (Å²) in [6.07, 6.45) is 0. The number of hydrogen-bond donors (Lipinski definition) is 0. The smallest absolute Gasteiger partial charge is 0.247 e. The van der Waals surface area contributed by atoms with Crippen LogP contribution in [0.2, 0.25) is 0 Å². The first-order valence-corrected chi connectivity index (χ1v) is 4.89. The van der Waals surface area contributed by atoms with E-state index in [1.807, 2.05) is 24.3 Å². The van der Waals surface area contributed by atoms with Crippen LogP contribution in [0, 0.1) is 0 Å². The summed E-state index contributed by atoms with van der Waals surface area (Å²) in [4.78, 5) is 0. The molecule has 0 aliphatic heterocycles. The second-order valence-corrected chi connectivity index (χ2v) is 3.13. The Morgan fingerprint density at radius 3 is 2.93 bits per heavy atom. The van der Waals surface area contributed by atoms with Crippen LogP contribution in [-0.4, -0.2) is 17.3 Å². The van der Waals surface area contributed by atoms with Gasteiger partial charge in [0.1, 0.15) is 11.6 Å². The van der Waals surface area contributed by atoms with Crippen LogP contribution in [0.1, 0.15) is 5.89 Å². The fraction of sp³-hybridized carbons (Fsp3) is 0.200. The average molecular weight is 225 g/mol. The zero-order chi connectivity index (χ0) is 10.7. The fourth-order valence-electron chi connectivity index (χ4n) is 1.18. The molecule has 0 aliphatic rings. The molecule has 0 N–H and O–H groups in total. The molecule has 0 aliphatic carbocycles. The van der Waals surface area contributed by atoms with Gasteiger partial charge in [-0.15, -0.1) is 21.8 Å². The van der Waals surface area contributed by atoms with Gasteiger partial charge in [0.2, 0.25) is 11.8 Å². The van der Waals surface area contributed by atoms with Crippen LogP contribution >= 0.6 is 11.6 Å². The van der Waals surface area contributed by atoms with Crippen LogP contribution in [0.25, 0.3) is 11.5 Å². The van der Waals surface area contributed by atoms with E-state index in [9.17, 15) is 0 Å². The molecule has 0 atom stereocenters. The Morgan fingerprint density at radius 1 is 1.40 bits per heavy atom. The van der Waals surface area contributed by atoms with Crippen molar-refractivity contribution in [2.24, 2.45) is 0 Å². The second kappa shape index (κ2) is 4.31. The van der Waals surface area contributed by atoms with Gasteiger partial charge in [-0.2, -0.15) is 0 Å². The fourth-order valence-corrected chi connectivity index (χ4v) is 1.29. The van der Waals surface area contributed by atoms with Gasteiger partial charge in [-0.1, -0.05) is 6.07 Å². The number of rotatable bonds is 3. The Kier molecular flexibility index (Phi) is 2.87. The van der Waals surface area contributed by atoms with E-state index < -0.39 is 0 Å². The van der Waals surface area contributed by atoms with Crippen molar-refractivity contribution in [1.29, 1.82) is 0 Å². The molecule has 0 saturated carbocycles. The topological polar surface area (TPSA) is 48.2 Å². The van der Waals surface area contributed by atoms with E-state index in [0.717, 1.165) is 11.3 Å². The number of benzene rings is 1. The normalized spacial score (nSPS) is 10.3. The van der Waals surface area contributed by atoms with Crippen molar-refractivity contribution in [2.75, 3.05) is 7.11 Å². The largest absolute Gasteiger partial charge is 0.497 e. The molecule has 2 aromatic rings. The number of hydrogen-bond acceptors (Lipinski definition) is 4. The summed E-state index contributed by atoms with van der Waals surface area (Å²) in [5.41, 5.74) is 0.818. The summed E-state index contributed by atoms with van der Waals surface area (Å²) in [6, 6.07) is 7.40. The van der Waals surface area contributed by atoms with Gasteiger partial charge in [-0.3, -0.25) is 0 Å². The molecular formula is C10H9ClN2O2. The summed E-state index contributed by atoms with van der Waals surface area (Å²) >= 11 is 5.57. The molecule has 0 spiro atoms. The molecule has 1 aromatic heterocycles. The molecule has 4 nitrogen and oxygen atoms in total. The lowest BCUT2D eigenvalue weighted by molar-refractivity contribution is 0.414. The Hall–Kier alpha value is -1.55. The van der Waals surface area contributed by atoms with Crippen LogP contribution in [0.5, 0.6) is 5.75 Å². The van der Waals surface area contributed by atoms with Gasteiger partial charge in [-0.25, -0.2) is 0 Å². The third-order valence-corrected chi connectivity index (χ3v) is 2.13. The molecular weight excluding hydrogens is 216 g/mol. The lowest BCUT2D eigenvalue weighted by atomic mass is 10.2. The number of aromatic nitrogens is 2. The molecule has 0 fully saturated rings. The maximum absolute atomic E-state index is 5.57. The quantitative estimate of drug-likeness (QED) is 0.752. The van der Waals surface area contributed by atoms with Crippen molar-refractivity contribution in [3.05, 3.63) is 30.2 Å². The van der Waals surface area contributed by atoms with Gasteiger partial charge >= 0.3 is 0 Å². The predicted molar refractivity (Wildman–Crippen MR) is 55.8 cm³/mol. The first-order chi connectivity index (χ1) is 7.33. The number of halogens is 1. The predicted octanol–water partition coefficient (Wildman–Crippen LogP) is 2.48. The van der Waals surface area contributed by atoms with Crippen LogP contribution < -0.4 is 4.74 Å². The molecule has 0 amide bonds. The van der Waals surface area contributed by atoms with Gasteiger partial charge in [0.15, 0.2) is 0 Å². The Balaban J connectivity index is 2.35. The monoisotopic (exact) mass is 224 g/mol. The van der Waals surface area contributed by atoms with Crippen molar-refractivity contribution in [1.82, 2.24) is 10.2 Å². The van der Waals surface area contributed by atoms with E-state index in [4.69, 9.17) is 20.8 Å². The first-order valence-electron chi connectivity index (χ1n) is 4.36. The number of ether oxygens (including phenoxy) is 1. The summed E-state index contributed by atoms with van der Waals surface area (Å²) < 4.78 is 10.4. The van der Waals surface area contributed by atoms with E-state index in [2.05, 4.69) is 10.2 Å². The highest BCUT2D eigenvalue weighted by molar-refractivity contribution is 6.16. The van der Waals surface area contributed by atoms with E-state index in [-0.39, 0.29) is 5.88 Å². The maximum Gasteiger partial charge on any atom is 0.247 e. The Labute approximate surface area is 91.8 Å². The minimum Gasteiger partial charge on any atom is -0.497 e. The van der Waals surface area contributed by atoms with Crippen molar-refractivity contribution in [3.8, 4) is 17.2 Å². The third-order valence-electron chi connectivity index (χ3n) is 1.90. The summed E-state index contributed by atoms with van der Waals surface area (Å²) in [7, 11) is 1.61. The standard InChI is InChI=1S/C10H9ClN2O2/c1-14-8-4-2-3-7(5-8)10-13-12-9(6-11)15-10/h2-5H,6H2,1H3. The molecule has 0 radical (unpaired) electrons. The molecule has 2 rings (SSSR count). The van der Waals surface area contributed by atoms with E-state index >= 15 is 0 Å². The summed E-state index contributed by atoms with van der Waals surface area (Å²) in [5.74, 6) is 1.83. The minimum atomic E-state index is 0.219. The zero-order valence-electron chi connectivity index (χ0n) is 8.11. The molecule has 1 aromatic carbocycles. The zero-order valence-corrected chi connectivity index (χ0v) is 8.86. The molecule has 1 heterocycles. The van der Waals surface area contributed by atoms with Crippen LogP contribution in [0.4, 0.5) is 0 Å². The van der Waals surface area contributed by atoms with Crippen molar-refractivity contribution in [3.63, 3.8) is 0 Å². The van der Waals surface area contributed by atoms with Crippen LogP contribution in [0.3, 0.4) is 0 Å². The Morgan fingerprint density at radius 2 is 2.27 bits per heavy atom. The minimum absolute atomic E-state index is 0.219. The third kappa shape index (κ3) is 2.10. The van der Waals surface area contributed by atoms with Gasteiger partial charge in [0, 0.05) is 5.56 Å². The van der Waals surface area contributed by atoms with Gasteiger partial charge < -0.3 is 9.15 Å². The van der Waals surface area contributed by atoms with E-state index in [1.165, 1.54) is 0 Å². The van der Waals surface area contributed by atoms with Crippen molar-refractivity contribution >= 4 is 11.6 Å². The van der Waals surface area contributed by atoms with Gasteiger partial charge in [0.05, 0.1) is 7.11 Å². The van der Waals surface area contributed by atoms with E-state index in [1.54, 1.807) is 7.11 Å². The Bertz CT molecular complexity index is 456. The number of nitrogens with zero attached hydrogens (tertiary/aromatic N) is 2.